The highest BCUT2D eigenvalue weighted by Crippen LogP contribution is 2.52. The number of fused-ring (bicyclic) bond motifs is 1. The molecule has 2 unspecified atom stereocenters. The maximum absolute atomic E-state index is 14.2. The normalized spacial score (nSPS) is 19.8. The van der Waals surface area contributed by atoms with Gasteiger partial charge in [-0.15, -0.1) is 0 Å². The maximum atomic E-state index is 14.2. The van der Waals surface area contributed by atoms with Gasteiger partial charge in [0.15, 0.2) is 17.8 Å². The first kappa shape index (κ1) is 28.9. The smallest absolute Gasteiger partial charge is 0.405 e. The van der Waals surface area contributed by atoms with Gasteiger partial charge in [0.1, 0.15) is 23.7 Å². The molecule has 0 radical (unpaired) electrons. The molecular weight excluding hydrogens is 569 g/mol. The Labute approximate surface area is 241 Å². The molecule has 2 aromatic heterocycles. The van der Waals surface area contributed by atoms with Gasteiger partial charge >= 0.3 is 7.60 Å². The van der Waals surface area contributed by atoms with E-state index in [-0.39, 0.29) is 18.6 Å². The summed E-state index contributed by atoms with van der Waals surface area (Å²) in [6, 6.07) is 17.3. The average molecular weight is 602 g/mol. The van der Waals surface area contributed by atoms with E-state index in [4.69, 9.17) is 24.3 Å². The molecule has 2 N–H and O–H groups in total. The number of nitrogens with two attached hydrogens (primary N) is 1. The minimum Gasteiger partial charge on any atom is -0.423 e. The molecule has 1 saturated heterocycles. The summed E-state index contributed by atoms with van der Waals surface area (Å²) in [4.78, 5) is 12.6. The number of anilines is 1. The summed E-state index contributed by atoms with van der Waals surface area (Å²) in [6.07, 6.45) is 1.78. The van der Waals surface area contributed by atoms with E-state index in [9.17, 15) is 4.57 Å². The third-order valence-corrected chi connectivity index (χ3v) is 10.2. The zero-order valence-electron chi connectivity index (χ0n) is 22.3. The third-order valence-electron chi connectivity index (χ3n) is 6.23. The lowest BCUT2D eigenvalue weighted by Gasteiger charge is -2.33. The van der Waals surface area contributed by atoms with E-state index in [0.717, 1.165) is 11.1 Å². The van der Waals surface area contributed by atoms with Gasteiger partial charge in [0.05, 0.1) is 31.7 Å². The predicted octanol–water partition coefficient (Wildman–Crippen LogP) is 5.72. The Hall–Kier alpha value is -2.60. The quantitative estimate of drug-likeness (QED) is 0.158. The molecular formula is C27H32N5O5PS2. The number of nitrogens with zero attached hydrogens (tertiary/aromatic N) is 4. The van der Waals surface area contributed by atoms with Crippen LogP contribution in [0.15, 0.2) is 67.3 Å². The van der Waals surface area contributed by atoms with Crippen LogP contribution in [-0.2, 0) is 31.7 Å². The lowest BCUT2D eigenvalue weighted by Crippen LogP contribution is -2.38. The fraction of sp³-hybridized carbons (Fsp3) is 0.370. The minimum atomic E-state index is -3.75. The number of hydrogen-bond acceptors (Lipinski definition) is 11. The highest BCUT2D eigenvalue weighted by molar-refractivity contribution is 8.76. The zero-order valence-corrected chi connectivity index (χ0v) is 24.8. The highest BCUT2D eigenvalue weighted by Gasteiger charge is 2.38. The highest BCUT2D eigenvalue weighted by atomic mass is 33.1. The molecule has 1 aliphatic rings. The van der Waals surface area contributed by atoms with Gasteiger partial charge in [-0.05, 0) is 31.5 Å². The molecule has 4 aromatic rings. The van der Waals surface area contributed by atoms with E-state index >= 15 is 0 Å². The molecule has 1 aliphatic heterocycles. The second-order valence-corrected chi connectivity index (χ2v) is 13.9. The molecule has 0 amide bonds. The summed E-state index contributed by atoms with van der Waals surface area (Å²) in [5, 5.41) is 0. The van der Waals surface area contributed by atoms with Crippen LogP contribution in [0.25, 0.3) is 11.2 Å². The van der Waals surface area contributed by atoms with Crippen molar-refractivity contribution in [3.8, 4) is 5.75 Å². The van der Waals surface area contributed by atoms with E-state index in [2.05, 4.69) is 15.0 Å². The number of aryl methyl sites for hydroxylation is 1. The molecule has 4 atom stereocenters. The maximum Gasteiger partial charge on any atom is 0.405 e. The Morgan fingerprint density at radius 2 is 1.80 bits per heavy atom. The first-order valence-electron chi connectivity index (χ1n) is 12.8. The number of ether oxygens (including phenoxy) is 2. The second kappa shape index (κ2) is 13.4. The number of hydrogen-bond donors (Lipinski definition) is 1. The number of benzene rings is 2. The molecule has 13 heteroatoms. The first-order valence-corrected chi connectivity index (χ1v) is 17.1. The number of imidazole rings is 1. The summed E-state index contributed by atoms with van der Waals surface area (Å²) in [5.74, 6) is 2.10. The fourth-order valence-electron chi connectivity index (χ4n) is 4.10. The van der Waals surface area contributed by atoms with Crippen molar-refractivity contribution in [1.82, 2.24) is 19.5 Å². The number of aromatic nitrogens is 4. The van der Waals surface area contributed by atoms with Gasteiger partial charge in [0.2, 0.25) is 0 Å². The van der Waals surface area contributed by atoms with Crippen LogP contribution in [0, 0.1) is 6.92 Å². The summed E-state index contributed by atoms with van der Waals surface area (Å²) < 4.78 is 40.7. The van der Waals surface area contributed by atoms with Gasteiger partial charge in [0.25, 0.3) is 0 Å². The number of rotatable bonds is 12. The summed E-state index contributed by atoms with van der Waals surface area (Å²) in [6.45, 7) is 4.72. The van der Waals surface area contributed by atoms with Crippen LogP contribution in [0.4, 0.5) is 5.82 Å². The fourth-order valence-corrected chi connectivity index (χ4v) is 8.30. The Balaban J connectivity index is 1.28. The molecule has 40 heavy (non-hydrogen) atoms. The van der Waals surface area contributed by atoms with E-state index in [1.807, 2.05) is 60.9 Å². The molecule has 5 rings (SSSR count). The van der Waals surface area contributed by atoms with E-state index < -0.39 is 13.7 Å². The number of nitrogen functional groups attached to an aromatic ring is 1. The second-order valence-electron chi connectivity index (χ2n) is 9.50. The van der Waals surface area contributed by atoms with Crippen LogP contribution in [0.1, 0.15) is 18.1 Å². The molecule has 0 aliphatic carbocycles. The van der Waals surface area contributed by atoms with Crippen LogP contribution in [0.3, 0.4) is 0 Å². The summed E-state index contributed by atoms with van der Waals surface area (Å²) in [5.41, 5.74) is 9.18. The third kappa shape index (κ3) is 7.57. The standard InChI is InChI=1S/C27H32N5O5PS2/c1-19-8-10-22(11-9-19)36-38(33,18-35-20(2)12-32-17-31-25-26(28)29-16-30-27(25)32)37-24-15-40-39-14-23(24)34-13-21-6-4-3-5-7-21/h3-11,16-17,20,23-24H,12-15,18H2,1-2H3,(H2,28,29,30)/t20-,23+,24?,38?/m1/s1. The zero-order chi connectivity index (χ0) is 28.0. The average Bonchev–Trinajstić information content (AvgIpc) is 3.37. The van der Waals surface area contributed by atoms with Crippen molar-refractivity contribution in [2.45, 2.75) is 45.3 Å². The Morgan fingerprint density at radius 3 is 2.58 bits per heavy atom. The molecule has 212 valence electrons. The topological polar surface area (TPSA) is 124 Å². The lowest BCUT2D eigenvalue weighted by atomic mass is 10.2. The van der Waals surface area contributed by atoms with Crippen molar-refractivity contribution in [2.24, 2.45) is 0 Å². The van der Waals surface area contributed by atoms with Crippen molar-refractivity contribution in [2.75, 3.05) is 23.6 Å². The predicted molar refractivity (Wildman–Crippen MR) is 159 cm³/mol. The van der Waals surface area contributed by atoms with Gasteiger partial charge in [-0.25, -0.2) is 19.5 Å². The SMILES string of the molecule is Cc1ccc(OP(=O)(CO[C@H](C)Cn2cnc3c(N)ncnc32)OC2CSSC[C@@H]2OCc2ccccc2)cc1. The van der Waals surface area contributed by atoms with E-state index in [0.29, 0.717) is 47.4 Å². The van der Waals surface area contributed by atoms with Crippen molar-refractivity contribution in [3.63, 3.8) is 0 Å². The van der Waals surface area contributed by atoms with Gasteiger partial charge in [-0.2, -0.15) is 0 Å². The summed E-state index contributed by atoms with van der Waals surface area (Å²) in [7, 11) is -0.367. The summed E-state index contributed by atoms with van der Waals surface area (Å²) >= 11 is 0. The minimum absolute atomic E-state index is 0.231. The first-order chi connectivity index (χ1) is 19.4. The van der Waals surface area contributed by atoms with Crippen molar-refractivity contribution in [3.05, 3.63) is 78.4 Å². The Bertz CT molecular complexity index is 1440. The van der Waals surface area contributed by atoms with Crippen LogP contribution < -0.4 is 10.3 Å². The molecule has 1 fully saturated rings. The van der Waals surface area contributed by atoms with Crippen LogP contribution in [-0.4, -0.2) is 55.7 Å². The van der Waals surface area contributed by atoms with E-state index in [1.165, 1.54) is 6.33 Å². The van der Waals surface area contributed by atoms with Gasteiger partial charge < -0.3 is 24.3 Å². The monoisotopic (exact) mass is 601 g/mol. The van der Waals surface area contributed by atoms with Gasteiger partial charge in [-0.3, -0.25) is 4.52 Å². The molecule has 0 spiro atoms. The molecule has 0 bridgehead atoms. The van der Waals surface area contributed by atoms with Crippen molar-refractivity contribution in [1.29, 1.82) is 0 Å². The van der Waals surface area contributed by atoms with Crippen LogP contribution in [0.2, 0.25) is 0 Å². The Morgan fingerprint density at radius 1 is 1.05 bits per heavy atom. The van der Waals surface area contributed by atoms with Crippen molar-refractivity contribution >= 4 is 46.2 Å². The molecule has 10 nitrogen and oxygen atoms in total. The van der Waals surface area contributed by atoms with Crippen LogP contribution in [0.5, 0.6) is 5.75 Å². The molecule has 3 heterocycles. The van der Waals surface area contributed by atoms with E-state index in [1.54, 1.807) is 40.0 Å². The van der Waals surface area contributed by atoms with Gasteiger partial charge in [0, 0.05) is 11.5 Å². The molecule has 0 saturated carbocycles. The Kier molecular flexibility index (Phi) is 9.67. The molecule has 2 aromatic carbocycles. The lowest BCUT2D eigenvalue weighted by molar-refractivity contribution is -0.0192. The van der Waals surface area contributed by atoms with Crippen molar-refractivity contribution < 1.29 is 23.1 Å². The van der Waals surface area contributed by atoms with Crippen LogP contribution >= 0.6 is 29.2 Å². The van der Waals surface area contributed by atoms with Gasteiger partial charge in [-0.1, -0.05) is 69.6 Å². The largest absolute Gasteiger partial charge is 0.423 e.